The highest BCUT2D eigenvalue weighted by Crippen LogP contribution is 2.35. The molecular formula is C28H32N2O5. The molecule has 1 amide bonds. The molecule has 1 fully saturated rings. The number of carbonyl (C=O) groups excluding carboxylic acids is 3. The van der Waals surface area contributed by atoms with Crippen LogP contribution in [-0.2, 0) is 20.7 Å². The molecule has 1 saturated heterocycles. The van der Waals surface area contributed by atoms with Gasteiger partial charge in [0.1, 0.15) is 17.3 Å². The molecular weight excluding hydrogens is 444 g/mol. The number of amides is 1. The number of H-pyrrole nitrogens is 1. The number of Topliss-reactive ketones (excluding diaryl/α,β-unsaturated/α-hetero) is 1. The van der Waals surface area contributed by atoms with Gasteiger partial charge in [0, 0.05) is 29.8 Å². The molecule has 0 radical (unpaired) electrons. The zero-order valence-corrected chi connectivity index (χ0v) is 20.7. The number of rotatable bonds is 6. The molecule has 2 heterocycles. The van der Waals surface area contributed by atoms with Crippen LogP contribution in [0.2, 0.25) is 0 Å². The van der Waals surface area contributed by atoms with Crippen LogP contribution in [0, 0.1) is 0 Å². The fourth-order valence-electron chi connectivity index (χ4n) is 4.68. The first-order valence-corrected chi connectivity index (χ1v) is 12.0. The number of likely N-dealkylation sites (tertiary alicyclic amines) is 1. The Kier molecular flexibility index (Phi) is 6.96. The third kappa shape index (κ3) is 5.56. The molecule has 184 valence electrons. The van der Waals surface area contributed by atoms with E-state index >= 15 is 0 Å². The van der Waals surface area contributed by atoms with Crippen LogP contribution in [0.15, 0.2) is 54.6 Å². The number of hydrogen-bond donors (Lipinski definition) is 1. The van der Waals surface area contributed by atoms with Crippen LogP contribution in [0.3, 0.4) is 0 Å². The fourth-order valence-corrected chi connectivity index (χ4v) is 4.68. The second kappa shape index (κ2) is 9.94. The van der Waals surface area contributed by atoms with Gasteiger partial charge in [-0.3, -0.25) is 9.69 Å². The Bertz CT molecular complexity index is 1230. The lowest BCUT2D eigenvalue weighted by Gasteiger charge is -2.30. The van der Waals surface area contributed by atoms with E-state index in [9.17, 15) is 14.4 Å². The van der Waals surface area contributed by atoms with E-state index in [0.717, 1.165) is 22.0 Å². The van der Waals surface area contributed by atoms with Crippen LogP contribution in [0.1, 0.15) is 61.6 Å². The van der Waals surface area contributed by atoms with E-state index < -0.39 is 23.7 Å². The normalized spacial score (nSPS) is 18.0. The van der Waals surface area contributed by atoms with Crippen molar-refractivity contribution in [3.05, 3.63) is 71.4 Å². The van der Waals surface area contributed by atoms with Crippen LogP contribution in [-0.4, -0.2) is 52.5 Å². The van der Waals surface area contributed by atoms with Crippen molar-refractivity contribution in [3.63, 3.8) is 0 Å². The minimum Gasteiger partial charge on any atom is -0.461 e. The number of ketones is 1. The van der Waals surface area contributed by atoms with E-state index in [4.69, 9.17) is 9.47 Å². The molecule has 1 aromatic heterocycles. The summed E-state index contributed by atoms with van der Waals surface area (Å²) in [6, 6.07) is 16.6. The van der Waals surface area contributed by atoms with E-state index in [0.29, 0.717) is 25.3 Å². The fraction of sp³-hybridized carbons (Fsp3) is 0.393. The Morgan fingerprint density at radius 3 is 2.49 bits per heavy atom. The lowest BCUT2D eigenvalue weighted by atomic mass is 9.87. The molecule has 0 bridgehead atoms. The average Bonchev–Trinajstić information content (AvgIpc) is 3.43. The van der Waals surface area contributed by atoms with Gasteiger partial charge >= 0.3 is 12.1 Å². The zero-order valence-electron chi connectivity index (χ0n) is 20.7. The predicted octanol–water partition coefficient (Wildman–Crippen LogP) is 5.25. The summed E-state index contributed by atoms with van der Waals surface area (Å²) in [5.74, 6) is -0.545. The second-order valence-electron chi connectivity index (χ2n) is 9.89. The van der Waals surface area contributed by atoms with Gasteiger partial charge in [-0.2, -0.15) is 0 Å². The van der Waals surface area contributed by atoms with Gasteiger partial charge in [0.15, 0.2) is 5.78 Å². The highest BCUT2D eigenvalue weighted by atomic mass is 16.6. The van der Waals surface area contributed by atoms with Crippen LogP contribution in [0.5, 0.6) is 0 Å². The Hall–Kier alpha value is -3.61. The standard InChI is InChI=1S/C28H32N2O5/c1-5-34-26(32)23-17-20-15-18(11-12-22(20)29-23)16-24(31)25-21(19-9-7-6-8-10-19)13-14-30(25)27(33)35-28(2,3)4/h6-12,15,17,21,25,29H,5,13-14,16H2,1-4H3/t21-,25+/m1/s1. The quantitative estimate of drug-likeness (QED) is 0.491. The highest BCUT2D eigenvalue weighted by Gasteiger charge is 2.43. The second-order valence-corrected chi connectivity index (χ2v) is 9.89. The number of nitrogens with zero attached hydrogens (tertiary/aromatic N) is 1. The van der Waals surface area contributed by atoms with E-state index in [1.54, 1.807) is 17.9 Å². The van der Waals surface area contributed by atoms with Gasteiger partial charge < -0.3 is 14.5 Å². The van der Waals surface area contributed by atoms with Gasteiger partial charge in [-0.25, -0.2) is 9.59 Å². The largest absolute Gasteiger partial charge is 0.461 e. The van der Waals surface area contributed by atoms with Crippen molar-refractivity contribution in [1.29, 1.82) is 0 Å². The molecule has 35 heavy (non-hydrogen) atoms. The number of aromatic nitrogens is 1. The number of hydrogen-bond acceptors (Lipinski definition) is 5. The Morgan fingerprint density at radius 1 is 1.06 bits per heavy atom. The first kappa shape index (κ1) is 24.5. The number of fused-ring (bicyclic) bond motifs is 1. The molecule has 2 atom stereocenters. The van der Waals surface area contributed by atoms with Crippen molar-refractivity contribution in [2.45, 2.75) is 58.1 Å². The van der Waals surface area contributed by atoms with Crippen LogP contribution >= 0.6 is 0 Å². The molecule has 7 nitrogen and oxygen atoms in total. The van der Waals surface area contributed by atoms with Crippen molar-refractivity contribution in [2.24, 2.45) is 0 Å². The summed E-state index contributed by atoms with van der Waals surface area (Å²) in [7, 11) is 0. The smallest absolute Gasteiger partial charge is 0.410 e. The van der Waals surface area contributed by atoms with E-state index in [-0.39, 0.29) is 18.1 Å². The van der Waals surface area contributed by atoms with Crippen molar-refractivity contribution in [1.82, 2.24) is 9.88 Å². The summed E-state index contributed by atoms with van der Waals surface area (Å²) in [6.07, 6.45) is 0.400. The summed E-state index contributed by atoms with van der Waals surface area (Å²) in [5.41, 5.74) is 2.38. The minimum atomic E-state index is -0.647. The van der Waals surface area contributed by atoms with Gasteiger partial charge in [-0.1, -0.05) is 36.4 Å². The van der Waals surface area contributed by atoms with E-state index in [2.05, 4.69) is 4.98 Å². The Labute approximate surface area is 205 Å². The molecule has 4 rings (SSSR count). The molecule has 7 heteroatoms. The molecule has 2 aromatic carbocycles. The summed E-state index contributed by atoms with van der Waals surface area (Å²) < 4.78 is 10.7. The van der Waals surface area contributed by atoms with Crippen molar-refractivity contribution >= 4 is 28.7 Å². The molecule has 0 saturated carbocycles. The first-order chi connectivity index (χ1) is 16.7. The molecule has 0 spiro atoms. The SMILES string of the molecule is CCOC(=O)c1cc2cc(CC(=O)[C@@H]3[C@@H](c4ccccc4)CCN3C(=O)OC(C)(C)C)ccc2[nH]1. The van der Waals surface area contributed by atoms with Crippen molar-refractivity contribution < 1.29 is 23.9 Å². The maximum Gasteiger partial charge on any atom is 0.410 e. The summed E-state index contributed by atoms with van der Waals surface area (Å²) >= 11 is 0. The van der Waals surface area contributed by atoms with Crippen molar-refractivity contribution in [3.8, 4) is 0 Å². The molecule has 1 aliphatic heterocycles. The summed E-state index contributed by atoms with van der Waals surface area (Å²) in [6.45, 7) is 7.99. The Morgan fingerprint density at radius 2 is 1.80 bits per heavy atom. The summed E-state index contributed by atoms with van der Waals surface area (Å²) in [5, 5.41) is 0.827. The number of nitrogens with one attached hydrogen (secondary N) is 1. The maximum atomic E-state index is 13.7. The lowest BCUT2D eigenvalue weighted by Crippen LogP contribution is -2.45. The number of esters is 1. The third-order valence-corrected chi connectivity index (χ3v) is 6.14. The monoisotopic (exact) mass is 476 g/mol. The van der Waals surface area contributed by atoms with Crippen LogP contribution in [0.25, 0.3) is 10.9 Å². The number of carbonyl (C=O) groups is 3. The van der Waals surface area contributed by atoms with E-state index in [1.165, 1.54) is 0 Å². The van der Waals surface area contributed by atoms with E-state index in [1.807, 2.05) is 69.3 Å². The lowest BCUT2D eigenvalue weighted by molar-refractivity contribution is -0.123. The molecule has 1 N–H and O–H groups in total. The van der Waals surface area contributed by atoms with Gasteiger partial charge in [0.25, 0.3) is 0 Å². The topological polar surface area (TPSA) is 88.7 Å². The first-order valence-electron chi connectivity index (χ1n) is 12.0. The molecule has 1 aliphatic rings. The number of aromatic amines is 1. The van der Waals surface area contributed by atoms with Gasteiger partial charge in [0.05, 0.1) is 6.61 Å². The number of ether oxygens (including phenoxy) is 2. The highest BCUT2D eigenvalue weighted by molar-refractivity contribution is 5.96. The zero-order chi connectivity index (χ0) is 25.2. The van der Waals surface area contributed by atoms with Gasteiger partial charge in [0.2, 0.25) is 0 Å². The third-order valence-electron chi connectivity index (χ3n) is 6.14. The minimum absolute atomic E-state index is 0.0392. The average molecular weight is 477 g/mol. The molecule has 3 aromatic rings. The van der Waals surface area contributed by atoms with Gasteiger partial charge in [-0.15, -0.1) is 0 Å². The predicted molar refractivity (Wildman–Crippen MR) is 133 cm³/mol. The molecule has 0 unspecified atom stereocenters. The van der Waals surface area contributed by atoms with Crippen LogP contribution < -0.4 is 0 Å². The molecule has 0 aliphatic carbocycles. The maximum absolute atomic E-state index is 13.7. The van der Waals surface area contributed by atoms with Crippen molar-refractivity contribution in [2.75, 3.05) is 13.2 Å². The van der Waals surface area contributed by atoms with Gasteiger partial charge in [-0.05, 0) is 63.4 Å². The Balaban J connectivity index is 1.59. The van der Waals surface area contributed by atoms with Crippen LogP contribution in [0.4, 0.5) is 4.79 Å². The number of benzene rings is 2. The summed E-state index contributed by atoms with van der Waals surface area (Å²) in [4.78, 5) is 43.4.